The molecule has 8 nitrogen and oxygen atoms in total. The number of carbonyl (C=O) groups is 2. The second kappa shape index (κ2) is 15.9. The zero-order valence-electron chi connectivity index (χ0n) is 25.4. The lowest BCUT2D eigenvalue weighted by molar-refractivity contribution is -0.140. The number of benzene rings is 4. The number of anilines is 1. The Morgan fingerprint density at radius 2 is 1.42 bits per heavy atom. The highest BCUT2D eigenvalue weighted by molar-refractivity contribution is 7.92. The van der Waals surface area contributed by atoms with E-state index in [0.29, 0.717) is 25.3 Å². The van der Waals surface area contributed by atoms with Gasteiger partial charge in [0.05, 0.1) is 17.2 Å². The summed E-state index contributed by atoms with van der Waals surface area (Å²) < 4.78 is 48.3. The maximum Gasteiger partial charge on any atom is 0.264 e. The van der Waals surface area contributed by atoms with Crippen molar-refractivity contribution in [3.8, 4) is 5.75 Å². The number of sulfonamides is 1. The number of carbonyl (C=O) groups excluding carboxylic acids is 2. The van der Waals surface area contributed by atoms with E-state index < -0.39 is 34.3 Å². The van der Waals surface area contributed by atoms with Gasteiger partial charge in [-0.25, -0.2) is 12.8 Å². The number of nitrogens with zero attached hydrogens (tertiary/aromatic N) is 2. The fraction of sp³-hybridized carbons (Fsp3) is 0.257. The molecular formula is C35H38FN3O5S. The molecule has 0 spiro atoms. The molecule has 0 aliphatic rings. The Kier molecular flexibility index (Phi) is 11.7. The molecule has 4 rings (SSSR count). The summed E-state index contributed by atoms with van der Waals surface area (Å²) in [4.78, 5) is 29.3. The van der Waals surface area contributed by atoms with E-state index in [1.165, 1.54) is 4.90 Å². The van der Waals surface area contributed by atoms with E-state index in [9.17, 15) is 22.4 Å². The second-order valence-corrected chi connectivity index (χ2v) is 12.3. The number of nitrogens with one attached hydrogen (secondary N) is 1. The molecule has 0 bridgehead atoms. The second-order valence-electron chi connectivity index (χ2n) is 10.4. The maximum atomic E-state index is 14.4. The Balaban J connectivity index is 1.78. The van der Waals surface area contributed by atoms with Crippen LogP contribution in [0.15, 0.2) is 114 Å². The SMILES string of the molecule is CCCNC(=O)[C@H](Cc1ccccc1)N(Cc1ccccc1)C(=O)CN(c1ccc(OCC)cc1)S(=O)(=O)c1ccc(F)cc1. The van der Waals surface area contributed by atoms with Gasteiger partial charge in [0.2, 0.25) is 11.8 Å². The van der Waals surface area contributed by atoms with Crippen LogP contribution in [-0.4, -0.2) is 50.9 Å². The summed E-state index contributed by atoms with van der Waals surface area (Å²) >= 11 is 0. The lowest BCUT2D eigenvalue weighted by atomic mass is 10.0. The standard InChI is InChI=1S/C35H38FN3O5S/c1-3-23-37-35(41)33(24-27-11-7-5-8-12-27)38(25-28-13-9-6-10-14-28)34(40)26-39(30-17-19-31(20-18-30)44-4-2)45(42,43)32-21-15-29(36)16-22-32/h5-22,33H,3-4,23-26H2,1-2H3,(H,37,41)/t33-/m0/s1. The van der Waals surface area contributed by atoms with E-state index in [0.717, 1.165) is 39.7 Å². The van der Waals surface area contributed by atoms with Gasteiger partial charge in [0, 0.05) is 19.5 Å². The van der Waals surface area contributed by atoms with Crippen molar-refractivity contribution in [1.82, 2.24) is 10.2 Å². The number of amides is 2. The van der Waals surface area contributed by atoms with Crippen molar-refractivity contribution in [2.75, 3.05) is 24.0 Å². The van der Waals surface area contributed by atoms with Gasteiger partial charge in [-0.15, -0.1) is 0 Å². The zero-order chi connectivity index (χ0) is 32.2. The molecule has 236 valence electrons. The molecule has 4 aromatic rings. The lowest BCUT2D eigenvalue weighted by Crippen LogP contribution is -2.53. The zero-order valence-corrected chi connectivity index (χ0v) is 26.3. The minimum absolute atomic E-state index is 0.0738. The molecule has 10 heteroatoms. The van der Waals surface area contributed by atoms with Crippen LogP contribution >= 0.6 is 0 Å². The molecule has 4 aromatic carbocycles. The molecule has 0 saturated heterocycles. The molecule has 0 heterocycles. The minimum atomic E-state index is -4.34. The van der Waals surface area contributed by atoms with Crippen molar-refractivity contribution < 1.29 is 27.1 Å². The molecule has 0 unspecified atom stereocenters. The fourth-order valence-corrected chi connectivity index (χ4v) is 6.25. The molecule has 0 radical (unpaired) electrons. The van der Waals surface area contributed by atoms with Gasteiger partial charge >= 0.3 is 0 Å². The molecule has 0 fully saturated rings. The molecule has 1 N–H and O–H groups in total. The van der Waals surface area contributed by atoms with Gasteiger partial charge < -0.3 is 15.0 Å². The highest BCUT2D eigenvalue weighted by Crippen LogP contribution is 2.27. The van der Waals surface area contributed by atoms with Gasteiger partial charge in [-0.1, -0.05) is 67.6 Å². The van der Waals surface area contributed by atoms with Gasteiger partial charge in [-0.05, 0) is 73.0 Å². The minimum Gasteiger partial charge on any atom is -0.494 e. The van der Waals surface area contributed by atoms with Gasteiger partial charge in [0.1, 0.15) is 24.2 Å². The topological polar surface area (TPSA) is 96.0 Å². The summed E-state index contributed by atoms with van der Waals surface area (Å²) in [6.45, 7) is 4.09. The Morgan fingerprint density at radius 3 is 2.00 bits per heavy atom. The van der Waals surface area contributed by atoms with Crippen LogP contribution in [0.25, 0.3) is 0 Å². The number of hydrogen-bond donors (Lipinski definition) is 1. The van der Waals surface area contributed by atoms with Gasteiger partial charge in [-0.2, -0.15) is 0 Å². The van der Waals surface area contributed by atoms with Crippen LogP contribution in [-0.2, 0) is 32.6 Å². The predicted molar refractivity (Wildman–Crippen MR) is 173 cm³/mol. The summed E-state index contributed by atoms with van der Waals surface area (Å²) in [7, 11) is -4.34. The third-order valence-electron chi connectivity index (χ3n) is 7.13. The largest absolute Gasteiger partial charge is 0.494 e. The average molecular weight is 632 g/mol. The summed E-state index contributed by atoms with van der Waals surface area (Å²) in [6.07, 6.45) is 0.931. The number of halogens is 1. The van der Waals surface area contributed by atoms with Crippen LogP contribution in [0.2, 0.25) is 0 Å². The quantitative estimate of drug-likeness (QED) is 0.185. The molecule has 2 amide bonds. The molecule has 1 atom stereocenters. The third kappa shape index (κ3) is 8.92. The first-order valence-electron chi connectivity index (χ1n) is 14.9. The Bertz CT molecular complexity index is 1630. The van der Waals surface area contributed by atoms with Gasteiger partial charge in [0.25, 0.3) is 10.0 Å². The predicted octanol–water partition coefficient (Wildman–Crippen LogP) is 5.59. The average Bonchev–Trinajstić information content (AvgIpc) is 3.05. The van der Waals surface area contributed by atoms with E-state index >= 15 is 0 Å². The van der Waals surface area contributed by atoms with Crippen molar-refractivity contribution in [1.29, 1.82) is 0 Å². The molecule has 0 saturated carbocycles. The Hall–Kier alpha value is -4.70. The molecular weight excluding hydrogens is 593 g/mol. The summed E-state index contributed by atoms with van der Waals surface area (Å²) in [6, 6.07) is 28.5. The first-order chi connectivity index (χ1) is 21.7. The smallest absolute Gasteiger partial charge is 0.264 e. The van der Waals surface area contributed by atoms with Crippen LogP contribution in [0.1, 0.15) is 31.4 Å². The van der Waals surface area contributed by atoms with Crippen LogP contribution in [0.3, 0.4) is 0 Å². The lowest BCUT2D eigenvalue weighted by Gasteiger charge is -2.34. The van der Waals surface area contributed by atoms with E-state index in [1.54, 1.807) is 24.3 Å². The van der Waals surface area contributed by atoms with E-state index in [4.69, 9.17) is 4.74 Å². The Labute approximate surface area is 264 Å². The van der Waals surface area contributed by atoms with Crippen molar-refractivity contribution in [3.63, 3.8) is 0 Å². The number of hydrogen-bond acceptors (Lipinski definition) is 5. The normalized spacial score (nSPS) is 11.8. The van der Waals surface area contributed by atoms with Crippen LogP contribution in [0.5, 0.6) is 5.75 Å². The van der Waals surface area contributed by atoms with Crippen molar-refractivity contribution >= 4 is 27.5 Å². The highest BCUT2D eigenvalue weighted by Gasteiger charge is 2.34. The molecule has 45 heavy (non-hydrogen) atoms. The van der Waals surface area contributed by atoms with E-state index in [2.05, 4.69) is 5.32 Å². The molecule has 0 aliphatic carbocycles. The summed E-state index contributed by atoms with van der Waals surface area (Å²) in [5.74, 6) is -0.966. The Morgan fingerprint density at radius 1 is 0.822 bits per heavy atom. The first kappa shape index (κ1) is 33.2. The van der Waals surface area contributed by atoms with Crippen LogP contribution < -0.4 is 14.4 Å². The summed E-state index contributed by atoms with van der Waals surface area (Å²) in [5, 5.41) is 2.92. The molecule has 0 aliphatic heterocycles. The van der Waals surface area contributed by atoms with E-state index in [1.807, 2.05) is 74.5 Å². The molecule has 0 aromatic heterocycles. The van der Waals surface area contributed by atoms with Crippen molar-refractivity contribution in [2.45, 2.75) is 44.2 Å². The highest BCUT2D eigenvalue weighted by atomic mass is 32.2. The third-order valence-corrected chi connectivity index (χ3v) is 8.92. The summed E-state index contributed by atoms with van der Waals surface area (Å²) in [5.41, 5.74) is 1.84. The number of rotatable bonds is 15. The maximum absolute atomic E-state index is 14.4. The van der Waals surface area contributed by atoms with Crippen LogP contribution in [0.4, 0.5) is 10.1 Å². The monoisotopic (exact) mass is 631 g/mol. The fourth-order valence-electron chi connectivity index (χ4n) is 4.84. The number of ether oxygens (including phenoxy) is 1. The van der Waals surface area contributed by atoms with Gasteiger partial charge in [0.15, 0.2) is 0 Å². The van der Waals surface area contributed by atoms with Crippen molar-refractivity contribution in [3.05, 3.63) is 126 Å². The van der Waals surface area contributed by atoms with E-state index in [-0.39, 0.29) is 29.5 Å². The van der Waals surface area contributed by atoms with Crippen LogP contribution in [0, 0.1) is 5.82 Å². The first-order valence-corrected chi connectivity index (χ1v) is 16.3. The van der Waals surface area contributed by atoms with Crippen molar-refractivity contribution in [2.24, 2.45) is 0 Å². The van der Waals surface area contributed by atoms with Gasteiger partial charge in [-0.3, -0.25) is 13.9 Å².